The van der Waals surface area contributed by atoms with Gasteiger partial charge in [-0.2, -0.15) is 0 Å². The number of ether oxygens (including phenoxy) is 2. The lowest BCUT2D eigenvalue weighted by molar-refractivity contribution is -0.119. The molecule has 24 heavy (non-hydrogen) atoms. The van der Waals surface area contributed by atoms with Gasteiger partial charge in [-0.1, -0.05) is 28.1 Å². The Morgan fingerprint density at radius 2 is 2.00 bits per heavy atom. The molecule has 0 fully saturated rings. The minimum Gasteiger partial charge on any atom is -0.504 e. The first-order valence-corrected chi connectivity index (χ1v) is 7.80. The van der Waals surface area contributed by atoms with Gasteiger partial charge in [0.25, 0.3) is 5.91 Å². The third-order valence-corrected chi connectivity index (χ3v) is 4.08. The summed E-state index contributed by atoms with van der Waals surface area (Å²) in [7, 11) is 1.37. The van der Waals surface area contributed by atoms with E-state index in [1.807, 2.05) is 13.0 Å². The molecule has 1 amide bonds. The fourth-order valence-electron chi connectivity index (χ4n) is 1.93. The second-order valence-electron chi connectivity index (χ2n) is 4.94. The van der Waals surface area contributed by atoms with Crippen LogP contribution in [0.4, 0.5) is 5.69 Å². The van der Waals surface area contributed by atoms with E-state index in [9.17, 15) is 14.7 Å². The summed E-state index contributed by atoms with van der Waals surface area (Å²) in [6, 6.07) is 9.78. The van der Waals surface area contributed by atoms with Crippen LogP contribution in [0.15, 0.2) is 40.9 Å². The molecule has 2 aromatic carbocycles. The van der Waals surface area contributed by atoms with Crippen molar-refractivity contribution in [1.82, 2.24) is 0 Å². The summed E-state index contributed by atoms with van der Waals surface area (Å²) in [5.41, 5.74) is 1.55. The summed E-state index contributed by atoms with van der Waals surface area (Å²) >= 11 is 3.37. The van der Waals surface area contributed by atoms with Crippen molar-refractivity contribution in [2.24, 2.45) is 0 Å². The quantitative estimate of drug-likeness (QED) is 0.761. The van der Waals surface area contributed by atoms with E-state index in [-0.39, 0.29) is 17.1 Å². The predicted molar refractivity (Wildman–Crippen MR) is 92.5 cm³/mol. The second-order valence-corrected chi connectivity index (χ2v) is 5.80. The number of para-hydroxylation sites is 1. The van der Waals surface area contributed by atoms with Gasteiger partial charge in [-0.25, -0.2) is 4.79 Å². The SMILES string of the molecule is COc1cccc(C(=O)OCC(=O)Nc2ccc(C)c(Br)c2)c1O. The zero-order valence-electron chi connectivity index (χ0n) is 13.1. The molecule has 7 heteroatoms. The molecule has 0 bridgehead atoms. The summed E-state index contributed by atoms with van der Waals surface area (Å²) in [4.78, 5) is 23.8. The molecule has 0 aromatic heterocycles. The summed E-state index contributed by atoms with van der Waals surface area (Å²) < 4.78 is 10.7. The smallest absolute Gasteiger partial charge is 0.342 e. The van der Waals surface area contributed by atoms with Gasteiger partial charge in [-0.05, 0) is 36.8 Å². The normalized spacial score (nSPS) is 10.1. The second kappa shape index (κ2) is 7.83. The predicted octanol–water partition coefficient (Wildman–Crippen LogP) is 3.27. The Labute approximate surface area is 147 Å². The summed E-state index contributed by atoms with van der Waals surface area (Å²) in [6.45, 7) is 1.46. The number of anilines is 1. The maximum atomic E-state index is 12.0. The van der Waals surface area contributed by atoms with Crippen molar-refractivity contribution in [1.29, 1.82) is 0 Å². The van der Waals surface area contributed by atoms with Crippen molar-refractivity contribution in [3.63, 3.8) is 0 Å². The molecule has 0 aliphatic heterocycles. The van der Waals surface area contributed by atoms with E-state index < -0.39 is 18.5 Å². The molecule has 0 aliphatic rings. The molecule has 0 heterocycles. The maximum Gasteiger partial charge on any atom is 0.342 e. The number of rotatable bonds is 5. The number of esters is 1. The van der Waals surface area contributed by atoms with E-state index in [1.54, 1.807) is 18.2 Å². The summed E-state index contributed by atoms with van der Waals surface area (Å²) in [5, 5.41) is 12.5. The molecule has 2 rings (SSSR count). The molecule has 2 aromatic rings. The standard InChI is InChI=1S/C17H16BrNO5/c1-10-6-7-11(8-13(10)18)19-15(20)9-24-17(22)12-4-3-5-14(23-2)16(12)21/h3-8,21H,9H2,1-2H3,(H,19,20). The third-order valence-electron chi connectivity index (χ3n) is 3.23. The monoisotopic (exact) mass is 393 g/mol. The Balaban J connectivity index is 1.96. The lowest BCUT2D eigenvalue weighted by Crippen LogP contribution is -2.21. The molecule has 6 nitrogen and oxygen atoms in total. The lowest BCUT2D eigenvalue weighted by atomic mass is 10.2. The van der Waals surface area contributed by atoms with Gasteiger partial charge >= 0.3 is 5.97 Å². The molecule has 0 saturated heterocycles. The molecule has 0 radical (unpaired) electrons. The first-order chi connectivity index (χ1) is 11.4. The summed E-state index contributed by atoms with van der Waals surface area (Å²) in [6.07, 6.45) is 0. The molecule has 0 unspecified atom stereocenters. The number of nitrogens with one attached hydrogen (secondary N) is 1. The van der Waals surface area contributed by atoms with E-state index >= 15 is 0 Å². The fraction of sp³-hybridized carbons (Fsp3) is 0.176. The average molecular weight is 394 g/mol. The molecular formula is C17H16BrNO5. The molecule has 0 atom stereocenters. The van der Waals surface area contributed by atoms with Crippen LogP contribution in [0.3, 0.4) is 0 Å². The Kier molecular flexibility index (Phi) is 5.81. The Hall–Kier alpha value is -2.54. The number of aromatic hydroxyl groups is 1. The molecule has 0 aliphatic carbocycles. The molecule has 0 spiro atoms. The molecule has 0 saturated carbocycles. The lowest BCUT2D eigenvalue weighted by Gasteiger charge is -2.10. The number of hydrogen-bond donors (Lipinski definition) is 2. The maximum absolute atomic E-state index is 12.0. The van der Waals surface area contributed by atoms with Crippen LogP contribution in [-0.4, -0.2) is 30.7 Å². The highest BCUT2D eigenvalue weighted by atomic mass is 79.9. The topological polar surface area (TPSA) is 84.9 Å². The number of carbonyl (C=O) groups is 2. The van der Waals surface area contributed by atoms with E-state index in [0.29, 0.717) is 5.69 Å². The van der Waals surface area contributed by atoms with Crippen molar-refractivity contribution in [3.05, 3.63) is 52.0 Å². The van der Waals surface area contributed by atoms with Crippen molar-refractivity contribution in [3.8, 4) is 11.5 Å². The third kappa shape index (κ3) is 4.26. The number of aryl methyl sites for hydroxylation is 1. The minimum absolute atomic E-state index is 0.0692. The number of carbonyl (C=O) groups excluding carboxylic acids is 2. The van der Waals surface area contributed by atoms with Crippen LogP contribution < -0.4 is 10.1 Å². The first kappa shape index (κ1) is 17.8. The van der Waals surface area contributed by atoms with Gasteiger partial charge in [0.2, 0.25) is 0 Å². The van der Waals surface area contributed by atoms with Crippen LogP contribution in [0.25, 0.3) is 0 Å². The van der Waals surface area contributed by atoms with Crippen LogP contribution >= 0.6 is 15.9 Å². The Bertz CT molecular complexity index is 776. The van der Waals surface area contributed by atoms with Crippen LogP contribution in [0, 0.1) is 6.92 Å². The van der Waals surface area contributed by atoms with Gasteiger partial charge in [0.1, 0.15) is 5.56 Å². The highest BCUT2D eigenvalue weighted by molar-refractivity contribution is 9.10. The van der Waals surface area contributed by atoms with Crippen molar-refractivity contribution < 1.29 is 24.2 Å². The summed E-state index contributed by atoms with van der Waals surface area (Å²) in [5.74, 6) is -1.47. The van der Waals surface area contributed by atoms with E-state index in [4.69, 9.17) is 9.47 Å². The van der Waals surface area contributed by atoms with E-state index in [1.165, 1.54) is 19.2 Å². The van der Waals surface area contributed by atoms with Crippen LogP contribution in [0.5, 0.6) is 11.5 Å². The van der Waals surface area contributed by atoms with Crippen molar-refractivity contribution >= 4 is 33.5 Å². The number of hydrogen-bond acceptors (Lipinski definition) is 5. The van der Waals surface area contributed by atoms with E-state index in [0.717, 1.165) is 10.0 Å². The number of methoxy groups -OCH3 is 1. The zero-order valence-corrected chi connectivity index (χ0v) is 14.7. The number of amides is 1. The Morgan fingerprint density at radius 1 is 1.25 bits per heavy atom. The zero-order chi connectivity index (χ0) is 17.7. The van der Waals surface area contributed by atoms with Crippen molar-refractivity contribution in [2.45, 2.75) is 6.92 Å². The number of phenolic OH excluding ortho intramolecular Hbond substituents is 1. The van der Waals surface area contributed by atoms with Gasteiger partial charge in [-0.15, -0.1) is 0 Å². The fourth-order valence-corrected chi connectivity index (χ4v) is 2.31. The number of halogens is 1. The van der Waals surface area contributed by atoms with Gasteiger partial charge in [-0.3, -0.25) is 4.79 Å². The largest absolute Gasteiger partial charge is 0.504 e. The van der Waals surface area contributed by atoms with Crippen molar-refractivity contribution in [2.75, 3.05) is 19.0 Å². The van der Waals surface area contributed by atoms with Gasteiger partial charge in [0.05, 0.1) is 7.11 Å². The van der Waals surface area contributed by atoms with Gasteiger partial charge in [0.15, 0.2) is 18.1 Å². The first-order valence-electron chi connectivity index (χ1n) is 7.01. The Morgan fingerprint density at radius 3 is 2.67 bits per heavy atom. The van der Waals surface area contributed by atoms with Crippen LogP contribution in [-0.2, 0) is 9.53 Å². The molecule has 2 N–H and O–H groups in total. The van der Waals surface area contributed by atoms with Crippen LogP contribution in [0.2, 0.25) is 0 Å². The number of phenols is 1. The highest BCUT2D eigenvalue weighted by Crippen LogP contribution is 2.29. The number of benzene rings is 2. The average Bonchev–Trinajstić information content (AvgIpc) is 2.56. The van der Waals surface area contributed by atoms with E-state index in [2.05, 4.69) is 21.2 Å². The van der Waals surface area contributed by atoms with Gasteiger partial charge in [0, 0.05) is 10.2 Å². The van der Waals surface area contributed by atoms with Crippen LogP contribution in [0.1, 0.15) is 15.9 Å². The minimum atomic E-state index is -0.813. The highest BCUT2D eigenvalue weighted by Gasteiger charge is 2.17. The van der Waals surface area contributed by atoms with Gasteiger partial charge < -0.3 is 19.9 Å². The molecule has 126 valence electrons. The molecular weight excluding hydrogens is 378 g/mol.